The second-order valence-corrected chi connectivity index (χ2v) is 4.09. The minimum Gasteiger partial charge on any atom is -0.460 e. The maximum Gasteiger partial charge on any atom is 0.134 e. The first kappa shape index (κ1) is 10.8. The topological polar surface area (TPSA) is 36.9 Å². The first-order valence-corrected chi connectivity index (χ1v) is 5.65. The predicted octanol–water partition coefficient (Wildman–Crippen LogP) is 4.01. The number of nitriles is 1. The summed E-state index contributed by atoms with van der Waals surface area (Å²) < 4.78 is 5.85. The Balaban J connectivity index is 2.64. The van der Waals surface area contributed by atoms with Gasteiger partial charge in [-0.15, -0.1) is 0 Å². The maximum absolute atomic E-state index is 8.88. The van der Waals surface area contributed by atoms with E-state index < -0.39 is 0 Å². The summed E-state index contributed by atoms with van der Waals surface area (Å²) in [5.41, 5.74) is 1.95. The summed E-state index contributed by atoms with van der Waals surface area (Å²) in [6.45, 7) is 4.27. The van der Waals surface area contributed by atoms with E-state index in [1.54, 1.807) is 0 Å². The van der Waals surface area contributed by atoms with E-state index in [0.29, 0.717) is 12.3 Å². The molecule has 0 aliphatic heterocycles. The minimum atomic E-state index is 0.371. The minimum absolute atomic E-state index is 0.371. The lowest BCUT2D eigenvalue weighted by atomic mass is 9.99. The van der Waals surface area contributed by atoms with E-state index in [0.717, 1.165) is 28.7 Å². The van der Waals surface area contributed by atoms with E-state index in [2.05, 4.69) is 19.9 Å². The van der Waals surface area contributed by atoms with Gasteiger partial charge in [0.25, 0.3) is 0 Å². The fourth-order valence-corrected chi connectivity index (χ4v) is 1.96. The molecule has 82 valence electrons. The average Bonchev–Trinajstić information content (AvgIpc) is 2.68. The van der Waals surface area contributed by atoms with Crippen LogP contribution in [0.5, 0.6) is 0 Å². The third-order valence-electron chi connectivity index (χ3n) is 3.05. The number of furan rings is 1. The average molecular weight is 213 g/mol. The van der Waals surface area contributed by atoms with Crippen molar-refractivity contribution in [1.82, 2.24) is 0 Å². The zero-order valence-electron chi connectivity index (χ0n) is 9.66. The van der Waals surface area contributed by atoms with Gasteiger partial charge >= 0.3 is 0 Å². The van der Waals surface area contributed by atoms with Gasteiger partial charge in [-0.25, -0.2) is 0 Å². The maximum atomic E-state index is 8.88. The SMILES string of the molecule is CCC(C)c1oc2ccccc2c1CC#N. The van der Waals surface area contributed by atoms with E-state index in [-0.39, 0.29) is 0 Å². The van der Waals surface area contributed by atoms with Gasteiger partial charge in [-0.1, -0.05) is 32.0 Å². The van der Waals surface area contributed by atoms with Crippen LogP contribution in [-0.2, 0) is 6.42 Å². The van der Waals surface area contributed by atoms with Gasteiger partial charge in [0.1, 0.15) is 11.3 Å². The number of para-hydroxylation sites is 1. The molecule has 2 nitrogen and oxygen atoms in total. The van der Waals surface area contributed by atoms with Gasteiger partial charge in [-0.2, -0.15) is 5.26 Å². The van der Waals surface area contributed by atoms with Gasteiger partial charge in [0.05, 0.1) is 12.5 Å². The Labute approximate surface area is 95.5 Å². The Bertz CT molecular complexity index is 533. The van der Waals surface area contributed by atoms with Crippen molar-refractivity contribution in [2.24, 2.45) is 0 Å². The molecular weight excluding hydrogens is 198 g/mol. The predicted molar refractivity (Wildman–Crippen MR) is 64.2 cm³/mol. The Morgan fingerprint density at radius 2 is 2.12 bits per heavy atom. The largest absolute Gasteiger partial charge is 0.460 e. The molecule has 1 aromatic carbocycles. The van der Waals surface area contributed by atoms with Crippen molar-refractivity contribution in [2.45, 2.75) is 32.6 Å². The fraction of sp³-hybridized carbons (Fsp3) is 0.357. The van der Waals surface area contributed by atoms with Crippen LogP contribution >= 0.6 is 0 Å². The van der Waals surface area contributed by atoms with Crippen molar-refractivity contribution in [1.29, 1.82) is 5.26 Å². The lowest BCUT2D eigenvalue weighted by molar-refractivity contribution is 0.494. The quantitative estimate of drug-likeness (QED) is 0.772. The van der Waals surface area contributed by atoms with Crippen molar-refractivity contribution in [3.05, 3.63) is 35.6 Å². The van der Waals surface area contributed by atoms with Crippen molar-refractivity contribution in [3.63, 3.8) is 0 Å². The standard InChI is InChI=1S/C14H15NO/c1-3-10(2)14-12(8-9-15)11-6-4-5-7-13(11)16-14/h4-7,10H,3,8H2,1-2H3. The van der Waals surface area contributed by atoms with Crippen LogP contribution in [0.4, 0.5) is 0 Å². The highest BCUT2D eigenvalue weighted by molar-refractivity contribution is 5.82. The Morgan fingerprint density at radius 3 is 2.81 bits per heavy atom. The molecule has 1 atom stereocenters. The van der Waals surface area contributed by atoms with Crippen molar-refractivity contribution in [3.8, 4) is 6.07 Å². The van der Waals surface area contributed by atoms with Crippen LogP contribution < -0.4 is 0 Å². The molecule has 0 bridgehead atoms. The van der Waals surface area contributed by atoms with E-state index in [4.69, 9.17) is 9.68 Å². The number of benzene rings is 1. The molecule has 0 aliphatic rings. The van der Waals surface area contributed by atoms with Gasteiger partial charge in [0.2, 0.25) is 0 Å². The summed E-state index contributed by atoms with van der Waals surface area (Å²) in [6, 6.07) is 10.2. The van der Waals surface area contributed by atoms with Crippen LogP contribution in [0.25, 0.3) is 11.0 Å². The Hall–Kier alpha value is -1.75. The Morgan fingerprint density at radius 1 is 1.38 bits per heavy atom. The van der Waals surface area contributed by atoms with Crippen molar-refractivity contribution >= 4 is 11.0 Å². The van der Waals surface area contributed by atoms with Crippen LogP contribution in [0, 0.1) is 11.3 Å². The highest BCUT2D eigenvalue weighted by atomic mass is 16.3. The first-order chi connectivity index (χ1) is 7.77. The highest BCUT2D eigenvalue weighted by Crippen LogP contribution is 2.32. The third-order valence-corrected chi connectivity index (χ3v) is 3.05. The summed E-state index contributed by atoms with van der Waals surface area (Å²) in [4.78, 5) is 0. The summed E-state index contributed by atoms with van der Waals surface area (Å²) in [7, 11) is 0. The van der Waals surface area contributed by atoms with E-state index in [1.165, 1.54) is 0 Å². The molecule has 2 rings (SSSR count). The molecule has 1 unspecified atom stereocenters. The van der Waals surface area contributed by atoms with Gasteiger partial charge in [0, 0.05) is 16.9 Å². The van der Waals surface area contributed by atoms with Crippen LogP contribution in [-0.4, -0.2) is 0 Å². The molecule has 0 spiro atoms. The monoisotopic (exact) mass is 213 g/mol. The van der Waals surface area contributed by atoms with Gasteiger partial charge in [-0.3, -0.25) is 0 Å². The molecule has 0 saturated carbocycles. The number of nitrogens with zero attached hydrogens (tertiary/aromatic N) is 1. The van der Waals surface area contributed by atoms with Gasteiger partial charge < -0.3 is 4.42 Å². The number of rotatable bonds is 3. The van der Waals surface area contributed by atoms with E-state index in [9.17, 15) is 0 Å². The van der Waals surface area contributed by atoms with Crippen molar-refractivity contribution in [2.75, 3.05) is 0 Å². The molecule has 0 amide bonds. The molecule has 0 N–H and O–H groups in total. The second-order valence-electron chi connectivity index (χ2n) is 4.09. The zero-order chi connectivity index (χ0) is 11.5. The molecule has 0 radical (unpaired) electrons. The zero-order valence-corrected chi connectivity index (χ0v) is 9.66. The normalized spacial score (nSPS) is 12.6. The number of hydrogen-bond acceptors (Lipinski definition) is 2. The molecule has 0 aliphatic carbocycles. The molecular formula is C14H15NO. The fourth-order valence-electron chi connectivity index (χ4n) is 1.96. The second kappa shape index (κ2) is 4.40. The molecule has 1 heterocycles. The summed E-state index contributed by atoms with van der Waals surface area (Å²) >= 11 is 0. The van der Waals surface area contributed by atoms with Crippen LogP contribution in [0.2, 0.25) is 0 Å². The molecule has 0 fully saturated rings. The summed E-state index contributed by atoms with van der Waals surface area (Å²) in [6.07, 6.45) is 1.45. The van der Waals surface area contributed by atoms with Gasteiger partial charge in [0.15, 0.2) is 0 Å². The lowest BCUT2D eigenvalue weighted by Gasteiger charge is -2.05. The van der Waals surface area contributed by atoms with Crippen LogP contribution in [0.3, 0.4) is 0 Å². The van der Waals surface area contributed by atoms with Crippen molar-refractivity contribution < 1.29 is 4.42 Å². The van der Waals surface area contributed by atoms with Gasteiger partial charge in [-0.05, 0) is 12.5 Å². The number of hydrogen-bond donors (Lipinski definition) is 0. The number of fused-ring (bicyclic) bond motifs is 1. The molecule has 2 heteroatoms. The highest BCUT2D eigenvalue weighted by Gasteiger charge is 2.17. The summed E-state index contributed by atoms with van der Waals surface area (Å²) in [5.74, 6) is 1.35. The van der Waals surface area contributed by atoms with Crippen LogP contribution in [0.15, 0.2) is 28.7 Å². The molecule has 1 aromatic heterocycles. The van der Waals surface area contributed by atoms with Crippen LogP contribution in [0.1, 0.15) is 37.5 Å². The summed E-state index contributed by atoms with van der Waals surface area (Å²) in [5, 5.41) is 9.97. The molecule has 2 aromatic rings. The van der Waals surface area contributed by atoms with E-state index in [1.807, 2.05) is 24.3 Å². The van der Waals surface area contributed by atoms with E-state index >= 15 is 0 Å². The Kier molecular flexibility index (Phi) is 2.96. The lowest BCUT2D eigenvalue weighted by Crippen LogP contribution is -1.94. The molecule has 16 heavy (non-hydrogen) atoms. The third kappa shape index (κ3) is 1.69. The first-order valence-electron chi connectivity index (χ1n) is 5.65. The molecule has 0 saturated heterocycles. The smallest absolute Gasteiger partial charge is 0.134 e.